The zero-order valence-corrected chi connectivity index (χ0v) is 31.4. The van der Waals surface area contributed by atoms with E-state index in [4.69, 9.17) is 4.74 Å². The van der Waals surface area contributed by atoms with E-state index in [-0.39, 0.29) is 39.6 Å². The minimum atomic E-state index is -3.26. The number of benzene rings is 2. The standard InChI is InChI=1S/C38H47FN8O5S/c1-25-26(5-7-33-31(25)22-29(23-40)47(33)20-19-45-17-12-30(13-18-45)53(50,51)41-2)24-46-15-10-28(11-16-46)43-36-35(9-14-42-37(36)48)52-34-8-6-27(39)21-32(34)38(49)44(3)4/h5-9,14,21-22,28,30,41,43H,10-13,15-20,24H2,1-4H3,(H,42,48). The van der Waals surface area contributed by atoms with Crippen LogP contribution in [-0.2, 0) is 23.1 Å². The topological polar surface area (TPSA) is 156 Å². The summed E-state index contributed by atoms with van der Waals surface area (Å²) < 4.78 is 49.1. The van der Waals surface area contributed by atoms with E-state index in [2.05, 4.69) is 54.5 Å². The number of rotatable bonds is 12. The smallest absolute Gasteiger partial charge is 0.275 e. The van der Waals surface area contributed by atoms with E-state index in [0.29, 0.717) is 38.2 Å². The number of aromatic amines is 1. The van der Waals surface area contributed by atoms with Gasteiger partial charge in [0.25, 0.3) is 11.5 Å². The summed E-state index contributed by atoms with van der Waals surface area (Å²) in [7, 11) is 1.35. The van der Waals surface area contributed by atoms with Crippen molar-refractivity contribution in [1.82, 2.24) is 29.0 Å². The first-order valence-electron chi connectivity index (χ1n) is 17.9. The van der Waals surface area contributed by atoms with Gasteiger partial charge in [-0.05, 0) is 100 Å². The first kappa shape index (κ1) is 38.0. The van der Waals surface area contributed by atoms with Gasteiger partial charge in [0.2, 0.25) is 10.0 Å². The molecule has 0 bridgehead atoms. The molecule has 6 rings (SSSR count). The van der Waals surface area contributed by atoms with Gasteiger partial charge in [-0.2, -0.15) is 5.26 Å². The van der Waals surface area contributed by atoms with E-state index >= 15 is 0 Å². The number of amides is 1. The second-order valence-electron chi connectivity index (χ2n) is 14.0. The number of pyridine rings is 1. The zero-order chi connectivity index (χ0) is 37.9. The predicted molar refractivity (Wildman–Crippen MR) is 202 cm³/mol. The number of ether oxygens (including phenoxy) is 1. The number of nitrogens with one attached hydrogen (secondary N) is 3. The molecule has 0 saturated carbocycles. The molecular formula is C38H47FN8O5S. The second-order valence-corrected chi connectivity index (χ2v) is 16.2. The zero-order valence-electron chi connectivity index (χ0n) is 30.6. The van der Waals surface area contributed by atoms with Crippen LogP contribution >= 0.6 is 0 Å². The Morgan fingerprint density at radius 2 is 1.74 bits per heavy atom. The maximum absolute atomic E-state index is 14.1. The van der Waals surface area contributed by atoms with Crippen LogP contribution in [0, 0.1) is 24.1 Å². The number of sulfonamides is 1. The molecule has 4 aromatic rings. The van der Waals surface area contributed by atoms with Crippen molar-refractivity contribution in [3.63, 3.8) is 0 Å². The lowest BCUT2D eigenvalue weighted by molar-refractivity contribution is 0.0824. The molecule has 0 atom stereocenters. The van der Waals surface area contributed by atoms with E-state index in [0.717, 1.165) is 61.6 Å². The van der Waals surface area contributed by atoms with Gasteiger partial charge in [0.1, 0.15) is 29.0 Å². The Hall–Kier alpha value is -4.75. The molecule has 1 amide bonds. The largest absolute Gasteiger partial charge is 0.454 e. The molecule has 0 spiro atoms. The van der Waals surface area contributed by atoms with Gasteiger partial charge in [0.15, 0.2) is 5.75 Å². The van der Waals surface area contributed by atoms with Crippen molar-refractivity contribution < 1.29 is 22.3 Å². The fourth-order valence-corrected chi connectivity index (χ4v) is 8.52. The van der Waals surface area contributed by atoms with Crippen LogP contribution in [0.4, 0.5) is 10.1 Å². The van der Waals surface area contributed by atoms with E-state index in [1.54, 1.807) is 20.2 Å². The number of likely N-dealkylation sites (tertiary alicyclic amines) is 2. The molecule has 13 nitrogen and oxygen atoms in total. The lowest BCUT2D eigenvalue weighted by Crippen LogP contribution is -2.43. The van der Waals surface area contributed by atoms with E-state index < -0.39 is 21.7 Å². The minimum absolute atomic E-state index is 0.00231. The molecule has 2 aromatic heterocycles. The Bertz CT molecular complexity index is 2180. The summed E-state index contributed by atoms with van der Waals surface area (Å²) in [5.41, 5.74) is 3.91. The summed E-state index contributed by atoms with van der Waals surface area (Å²) in [4.78, 5) is 34.4. The first-order valence-corrected chi connectivity index (χ1v) is 19.5. The summed E-state index contributed by atoms with van der Waals surface area (Å²) in [6, 6.07) is 13.9. The van der Waals surface area contributed by atoms with Crippen LogP contribution in [0.15, 0.2) is 53.5 Å². The average Bonchev–Trinajstić information content (AvgIpc) is 3.52. The Labute approximate surface area is 309 Å². The number of H-pyrrole nitrogens is 1. The number of nitriles is 1. The Kier molecular flexibility index (Phi) is 11.5. The molecular weight excluding hydrogens is 700 g/mol. The number of halogens is 1. The van der Waals surface area contributed by atoms with Crippen LogP contribution in [0.2, 0.25) is 0 Å². The highest BCUT2D eigenvalue weighted by atomic mass is 32.2. The number of carbonyl (C=O) groups is 1. The molecule has 3 N–H and O–H groups in total. The second kappa shape index (κ2) is 16.1. The molecule has 15 heteroatoms. The summed E-state index contributed by atoms with van der Waals surface area (Å²) in [5, 5.41) is 14.1. The van der Waals surface area contributed by atoms with Gasteiger partial charge in [-0.3, -0.25) is 14.5 Å². The minimum Gasteiger partial charge on any atom is -0.454 e. The van der Waals surface area contributed by atoms with E-state index in [1.165, 1.54) is 35.8 Å². The normalized spacial score (nSPS) is 16.5. The number of anilines is 1. The first-order chi connectivity index (χ1) is 25.4. The molecule has 4 heterocycles. The number of nitrogens with zero attached hydrogens (tertiary/aromatic N) is 5. The monoisotopic (exact) mass is 746 g/mol. The van der Waals surface area contributed by atoms with Crippen molar-refractivity contribution in [3.05, 3.63) is 87.2 Å². The summed E-state index contributed by atoms with van der Waals surface area (Å²) in [5.74, 6) is -0.589. The van der Waals surface area contributed by atoms with Crippen molar-refractivity contribution in [3.8, 4) is 17.6 Å². The molecule has 0 unspecified atom stereocenters. The van der Waals surface area contributed by atoms with Crippen molar-refractivity contribution in [2.45, 2.75) is 57.0 Å². The lowest BCUT2D eigenvalue weighted by atomic mass is 10.0. The van der Waals surface area contributed by atoms with Crippen LogP contribution in [0.1, 0.15) is 52.9 Å². The summed E-state index contributed by atoms with van der Waals surface area (Å²) in [6.45, 7) is 7.24. The molecule has 2 aliphatic heterocycles. The molecule has 282 valence electrons. The number of carbonyl (C=O) groups excluding carboxylic acids is 1. The SMILES string of the molecule is CNS(=O)(=O)C1CCN(CCn2c(C#N)cc3c(C)c(CN4CCC(Nc5c(Oc6ccc(F)cc6C(=O)N(C)C)cc[nH]c5=O)CC4)ccc32)CC1. The quantitative estimate of drug-likeness (QED) is 0.193. The molecule has 2 aliphatic rings. The van der Waals surface area contributed by atoms with Crippen molar-refractivity contribution in [2.75, 3.05) is 59.2 Å². The van der Waals surface area contributed by atoms with Crippen molar-refractivity contribution >= 4 is 32.5 Å². The molecule has 2 aromatic carbocycles. The van der Waals surface area contributed by atoms with Crippen LogP contribution < -0.4 is 20.3 Å². The number of aryl methyl sites for hydroxylation is 1. The Balaban J connectivity index is 1.08. The Morgan fingerprint density at radius 1 is 1.02 bits per heavy atom. The number of hydrogen-bond donors (Lipinski definition) is 3. The highest BCUT2D eigenvalue weighted by Gasteiger charge is 2.29. The molecule has 2 fully saturated rings. The fourth-order valence-electron chi connectivity index (χ4n) is 7.36. The number of aromatic nitrogens is 2. The van der Waals surface area contributed by atoms with Crippen molar-refractivity contribution in [2.24, 2.45) is 0 Å². The third kappa shape index (κ3) is 8.41. The number of piperidine rings is 2. The van der Waals surface area contributed by atoms with Gasteiger partial charge < -0.3 is 29.4 Å². The highest BCUT2D eigenvalue weighted by molar-refractivity contribution is 7.90. The molecule has 2 saturated heterocycles. The summed E-state index contributed by atoms with van der Waals surface area (Å²) >= 11 is 0. The highest BCUT2D eigenvalue weighted by Crippen LogP contribution is 2.32. The van der Waals surface area contributed by atoms with Gasteiger partial charge in [-0.15, -0.1) is 0 Å². The lowest BCUT2D eigenvalue weighted by Gasteiger charge is -2.33. The third-order valence-corrected chi connectivity index (χ3v) is 12.4. The molecule has 0 aliphatic carbocycles. The van der Waals surface area contributed by atoms with Gasteiger partial charge in [-0.25, -0.2) is 17.5 Å². The number of hydrogen-bond acceptors (Lipinski definition) is 9. The van der Waals surface area contributed by atoms with Gasteiger partial charge in [0, 0.05) is 70.0 Å². The van der Waals surface area contributed by atoms with Gasteiger partial charge in [-0.1, -0.05) is 6.07 Å². The van der Waals surface area contributed by atoms with Crippen LogP contribution in [-0.4, -0.2) is 104 Å². The van der Waals surface area contributed by atoms with Crippen LogP contribution in [0.25, 0.3) is 10.9 Å². The van der Waals surface area contributed by atoms with Crippen LogP contribution in [0.5, 0.6) is 11.5 Å². The maximum Gasteiger partial charge on any atom is 0.275 e. The molecule has 0 radical (unpaired) electrons. The van der Waals surface area contributed by atoms with Gasteiger partial charge in [0.05, 0.1) is 10.8 Å². The number of fused-ring (bicyclic) bond motifs is 1. The van der Waals surface area contributed by atoms with E-state index in [1.807, 2.05) is 6.07 Å². The average molecular weight is 747 g/mol. The van der Waals surface area contributed by atoms with Crippen LogP contribution in [0.3, 0.4) is 0 Å². The Morgan fingerprint density at radius 3 is 2.42 bits per heavy atom. The predicted octanol–water partition coefficient (Wildman–Crippen LogP) is 4.23. The van der Waals surface area contributed by atoms with Gasteiger partial charge >= 0.3 is 0 Å². The van der Waals surface area contributed by atoms with E-state index in [9.17, 15) is 27.7 Å². The molecule has 53 heavy (non-hydrogen) atoms. The summed E-state index contributed by atoms with van der Waals surface area (Å²) in [6.07, 6.45) is 4.22. The van der Waals surface area contributed by atoms with Crippen molar-refractivity contribution in [1.29, 1.82) is 5.26 Å². The maximum atomic E-state index is 14.1. The fraction of sp³-hybridized carbons (Fsp3) is 0.447. The third-order valence-electron chi connectivity index (χ3n) is 10.5.